The minimum Gasteiger partial charge on any atom is -0.495 e. The number of hydrogen-bond donors (Lipinski definition) is 2. The van der Waals surface area contributed by atoms with Gasteiger partial charge in [-0.15, -0.1) is 11.3 Å². The van der Waals surface area contributed by atoms with Crippen LogP contribution in [0.15, 0.2) is 34.0 Å². The molecule has 0 fully saturated rings. The molecule has 112 valence electrons. The van der Waals surface area contributed by atoms with Crippen molar-refractivity contribution in [1.29, 1.82) is 0 Å². The number of nitrogens with one attached hydrogen (secondary N) is 1. The van der Waals surface area contributed by atoms with E-state index in [1.807, 2.05) is 0 Å². The lowest BCUT2D eigenvalue weighted by atomic mass is 10.2. The van der Waals surface area contributed by atoms with Gasteiger partial charge >= 0.3 is 5.97 Å². The summed E-state index contributed by atoms with van der Waals surface area (Å²) < 4.78 is 31.8. The summed E-state index contributed by atoms with van der Waals surface area (Å²) in [7, 11) is -2.55. The van der Waals surface area contributed by atoms with Gasteiger partial charge in [0.15, 0.2) is 0 Å². The van der Waals surface area contributed by atoms with Crippen LogP contribution < -0.4 is 9.46 Å². The van der Waals surface area contributed by atoms with Crippen LogP contribution in [0.3, 0.4) is 0 Å². The first-order valence-electron chi connectivity index (χ1n) is 5.72. The molecule has 0 aliphatic carbocycles. The van der Waals surface area contributed by atoms with Crippen molar-refractivity contribution in [1.82, 2.24) is 9.71 Å². The van der Waals surface area contributed by atoms with Crippen molar-refractivity contribution < 1.29 is 23.1 Å². The monoisotopic (exact) mass is 328 g/mol. The summed E-state index contributed by atoms with van der Waals surface area (Å²) in [6.07, 6.45) is 0. The Labute approximate surface area is 125 Å². The number of ether oxygens (including phenoxy) is 1. The summed E-state index contributed by atoms with van der Waals surface area (Å²) in [5.41, 5.74) is 2.15. The van der Waals surface area contributed by atoms with E-state index < -0.39 is 16.0 Å². The zero-order valence-electron chi connectivity index (χ0n) is 10.9. The summed E-state index contributed by atoms with van der Waals surface area (Å²) in [5.74, 6) is -1.19. The highest BCUT2D eigenvalue weighted by molar-refractivity contribution is 7.89. The Kier molecular flexibility index (Phi) is 4.56. The van der Waals surface area contributed by atoms with Crippen molar-refractivity contribution in [2.45, 2.75) is 11.4 Å². The van der Waals surface area contributed by atoms with Crippen LogP contribution in [0.1, 0.15) is 16.1 Å². The summed E-state index contributed by atoms with van der Waals surface area (Å²) in [4.78, 5) is 14.7. The second-order valence-corrected chi connectivity index (χ2v) is 6.43. The normalized spacial score (nSPS) is 11.3. The van der Waals surface area contributed by atoms with E-state index in [0.29, 0.717) is 5.69 Å². The van der Waals surface area contributed by atoms with Gasteiger partial charge in [-0.2, -0.15) is 0 Å². The highest BCUT2D eigenvalue weighted by Crippen LogP contribution is 2.25. The molecule has 21 heavy (non-hydrogen) atoms. The van der Waals surface area contributed by atoms with Crippen LogP contribution in [0.4, 0.5) is 0 Å². The van der Waals surface area contributed by atoms with Gasteiger partial charge in [0.2, 0.25) is 10.0 Å². The number of carbonyl (C=O) groups is 1. The van der Waals surface area contributed by atoms with Crippen LogP contribution in [-0.2, 0) is 16.6 Å². The van der Waals surface area contributed by atoms with Crippen LogP contribution in [0.25, 0.3) is 0 Å². The standard InChI is InChI=1S/C12H12N2O5S2/c1-19-10-4-8(12(15)16)2-3-11(10)21(17,18)14-5-9-6-20-7-13-9/h2-4,6-7,14H,5H2,1H3,(H,15,16). The number of sulfonamides is 1. The smallest absolute Gasteiger partial charge is 0.335 e. The van der Waals surface area contributed by atoms with Gasteiger partial charge in [-0.3, -0.25) is 0 Å². The molecule has 1 aromatic carbocycles. The number of methoxy groups -OCH3 is 1. The van der Waals surface area contributed by atoms with E-state index in [-0.39, 0.29) is 22.8 Å². The van der Waals surface area contributed by atoms with Gasteiger partial charge in [-0.1, -0.05) is 0 Å². The van der Waals surface area contributed by atoms with Crippen LogP contribution in [-0.4, -0.2) is 31.6 Å². The molecule has 0 radical (unpaired) electrons. The van der Waals surface area contributed by atoms with Crippen molar-refractivity contribution >= 4 is 27.3 Å². The van der Waals surface area contributed by atoms with Gasteiger partial charge in [0.05, 0.1) is 30.4 Å². The lowest BCUT2D eigenvalue weighted by Crippen LogP contribution is -2.24. The molecule has 1 aromatic heterocycles. The van der Waals surface area contributed by atoms with Gasteiger partial charge in [-0.05, 0) is 18.2 Å². The Morgan fingerprint density at radius 2 is 2.24 bits per heavy atom. The first-order chi connectivity index (χ1) is 9.94. The van der Waals surface area contributed by atoms with Gasteiger partial charge in [-0.25, -0.2) is 22.9 Å². The third kappa shape index (κ3) is 3.57. The molecule has 1 heterocycles. The average molecular weight is 328 g/mol. The first kappa shape index (κ1) is 15.4. The molecule has 0 aliphatic rings. The lowest BCUT2D eigenvalue weighted by molar-refractivity contribution is 0.0696. The van der Waals surface area contributed by atoms with Crippen LogP contribution in [0.2, 0.25) is 0 Å². The molecule has 9 heteroatoms. The number of nitrogens with zero attached hydrogens (tertiary/aromatic N) is 1. The molecule has 0 unspecified atom stereocenters. The molecule has 0 amide bonds. The molecule has 0 bridgehead atoms. The Morgan fingerprint density at radius 3 is 2.81 bits per heavy atom. The van der Waals surface area contributed by atoms with Gasteiger partial charge in [0, 0.05) is 5.38 Å². The minimum absolute atomic E-state index is 0.0272. The van der Waals surface area contributed by atoms with Gasteiger partial charge < -0.3 is 9.84 Å². The van der Waals surface area contributed by atoms with E-state index in [4.69, 9.17) is 9.84 Å². The highest BCUT2D eigenvalue weighted by Gasteiger charge is 2.21. The molecule has 0 saturated carbocycles. The van der Waals surface area contributed by atoms with E-state index in [0.717, 1.165) is 0 Å². The molecule has 7 nitrogen and oxygen atoms in total. The van der Waals surface area contributed by atoms with E-state index in [9.17, 15) is 13.2 Å². The fourth-order valence-corrected chi connectivity index (χ4v) is 3.30. The fraction of sp³-hybridized carbons (Fsp3) is 0.167. The average Bonchev–Trinajstić information content (AvgIpc) is 2.97. The molecule has 0 spiro atoms. The minimum atomic E-state index is -3.82. The lowest BCUT2D eigenvalue weighted by Gasteiger charge is -2.10. The SMILES string of the molecule is COc1cc(C(=O)O)ccc1S(=O)(=O)NCc1cscn1. The zero-order valence-corrected chi connectivity index (χ0v) is 12.6. The number of rotatable bonds is 6. The van der Waals surface area contributed by atoms with E-state index in [1.165, 1.54) is 36.6 Å². The number of aromatic carboxylic acids is 1. The van der Waals surface area contributed by atoms with Gasteiger partial charge in [0.25, 0.3) is 0 Å². The Hall–Kier alpha value is -1.97. The van der Waals surface area contributed by atoms with Crippen LogP contribution in [0, 0.1) is 0 Å². The van der Waals surface area contributed by atoms with Crippen LogP contribution >= 0.6 is 11.3 Å². The van der Waals surface area contributed by atoms with Gasteiger partial charge in [0.1, 0.15) is 10.6 Å². The Balaban J connectivity index is 2.28. The number of hydrogen-bond acceptors (Lipinski definition) is 6. The van der Waals surface area contributed by atoms with Crippen molar-refractivity contribution in [3.05, 3.63) is 40.3 Å². The predicted molar refractivity (Wildman–Crippen MR) is 76.1 cm³/mol. The maximum absolute atomic E-state index is 12.2. The number of thiazole rings is 1. The molecule has 0 aliphatic heterocycles. The third-order valence-corrected chi connectivity index (χ3v) is 4.70. The van der Waals surface area contributed by atoms with Crippen molar-refractivity contribution in [3.8, 4) is 5.75 Å². The molecular weight excluding hydrogens is 316 g/mol. The molecule has 2 N–H and O–H groups in total. The topological polar surface area (TPSA) is 106 Å². The van der Waals surface area contributed by atoms with E-state index in [2.05, 4.69) is 9.71 Å². The largest absolute Gasteiger partial charge is 0.495 e. The molecule has 2 aromatic rings. The summed E-state index contributed by atoms with van der Waals surface area (Å²) >= 11 is 1.36. The molecule has 0 saturated heterocycles. The molecule has 2 rings (SSSR count). The van der Waals surface area contributed by atoms with E-state index in [1.54, 1.807) is 10.9 Å². The number of carboxylic acids is 1. The maximum atomic E-state index is 12.2. The van der Waals surface area contributed by atoms with Crippen molar-refractivity contribution in [2.75, 3.05) is 7.11 Å². The van der Waals surface area contributed by atoms with Crippen molar-refractivity contribution in [2.24, 2.45) is 0 Å². The zero-order chi connectivity index (χ0) is 15.5. The first-order valence-corrected chi connectivity index (χ1v) is 8.14. The number of aromatic nitrogens is 1. The third-order valence-electron chi connectivity index (χ3n) is 2.63. The van der Waals surface area contributed by atoms with Crippen LogP contribution in [0.5, 0.6) is 5.75 Å². The Morgan fingerprint density at radius 1 is 1.48 bits per heavy atom. The summed E-state index contributed by atoms with van der Waals surface area (Å²) in [6, 6.07) is 3.58. The second kappa shape index (κ2) is 6.20. The fourth-order valence-electron chi connectivity index (χ4n) is 1.59. The highest BCUT2D eigenvalue weighted by atomic mass is 32.2. The number of benzene rings is 1. The Bertz CT molecular complexity index is 741. The quantitative estimate of drug-likeness (QED) is 0.828. The van der Waals surface area contributed by atoms with E-state index >= 15 is 0 Å². The number of carboxylic acid groups (broad SMARTS) is 1. The maximum Gasteiger partial charge on any atom is 0.335 e. The second-order valence-electron chi connectivity index (χ2n) is 3.98. The van der Waals surface area contributed by atoms with Crippen molar-refractivity contribution in [3.63, 3.8) is 0 Å². The molecular formula is C12H12N2O5S2. The predicted octanol–water partition coefficient (Wildman–Crippen LogP) is 1.33. The summed E-state index contributed by atoms with van der Waals surface area (Å²) in [5, 5.41) is 10.6. The summed E-state index contributed by atoms with van der Waals surface area (Å²) in [6.45, 7) is 0.0513. The molecule has 0 atom stereocenters.